The minimum atomic E-state index is -0.665. The van der Waals surface area contributed by atoms with Gasteiger partial charge >= 0.3 is 5.97 Å². The molecule has 0 aliphatic heterocycles. The number of nitrogens with one attached hydrogen (secondary N) is 1. The third kappa shape index (κ3) is 6.09. The molecule has 0 radical (unpaired) electrons. The Bertz CT molecular complexity index is 676. The Balaban J connectivity index is 1.67. The van der Waals surface area contributed by atoms with Crippen LogP contribution in [0.5, 0.6) is 5.75 Å². The van der Waals surface area contributed by atoms with E-state index in [0.717, 1.165) is 4.88 Å². The molecule has 0 fully saturated rings. The maximum atomic E-state index is 11.5. The summed E-state index contributed by atoms with van der Waals surface area (Å²) in [6.45, 7) is -0.299. The van der Waals surface area contributed by atoms with Gasteiger partial charge in [-0.3, -0.25) is 4.79 Å². The van der Waals surface area contributed by atoms with E-state index in [1.807, 2.05) is 17.5 Å². The van der Waals surface area contributed by atoms with E-state index < -0.39 is 5.97 Å². The van der Waals surface area contributed by atoms with Crippen LogP contribution in [0.1, 0.15) is 4.88 Å². The van der Waals surface area contributed by atoms with Crippen LogP contribution in [-0.4, -0.2) is 25.1 Å². The standard InChI is InChI=1S/C15H13Cl2NO4S/c16-10-3-4-13(12(17)6-10)21-9-15(20)22-8-14(19)18-7-11-2-1-5-23-11/h1-6H,7-9H2,(H,18,19). The van der Waals surface area contributed by atoms with E-state index in [2.05, 4.69) is 5.32 Å². The summed E-state index contributed by atoms with van der Waals surface area (Å²) in [4.78, 5) is 24.1. The van der Waals surface area contributed by atoms with E-state index in [9.17, 15) is 9.59 Å². The first kappa shape index (κ1) is 17.6. The lowest BCUT2D eigenvalue weighted by Gasteiger charge is -2.08. The second-order valence-electron chi connectivity index (χ2n) is 4.38. The molecule has 0 aliphatic rings. The highest BCUT2D eigenvalue weighted by molar-refractivity contribution is 7.09. The Morgan fingerprint density at radius 1 is 1.17 bits per heavy atom. The number of halogens is 2. The molecule has 0 bridgehead atoms. The molecule has 2 aromatic rings. The molecule has 0 saturated carbocycles. The van der Waals surface area contributed by atoms with Crippen molar-refractivity contribution in [3.63, 3.8) is 0 Å². The monoisotopic (exact) mass is 373 g/mol. The maximum Gasteiger partial charge on any atom is 0.344 e. The molecule has 0 unspecified atom stereocenters. The first-order chi connectivity index (χ1) is 11.0. The van der Waals surface area contributed by atoms with Crippen molar-refractivity contribution < 1.29 is 19.1 Å². The number of amides is 1. The number of carbonyl (C=O) groups excluding carboxylic acids is 2. The molecule has 23 heavy (non-hydrogen) atoms. The Morgan fingerprint density at radius 2 is 2.00 bits per heavy atom. The van der Waals surface area contributed by atoms with Gasteiger partial charge in [0.05, 0.1) is 11.6 Å². The van der Waals surface area contributed by atoms with Crippen LogP contribution in [0.4, 0.5) is 0 Å². The SMILES string of the molecule is O=C(COC(=O)COc1ccc(Cl)cc1Cl)NCc1cccs1. The molecule has 1 aromatic heterocycles. The summed E-state index contributed by atoms with van der Waals surface area (Å²) in [5.41, 5.74) is 0. The van der Waals surface area contributed by atoms with Crippen molar-refractivity contribution in [3.8, 4) is 5.75 Å². The normalized spacial score (nSPS) is 10.2. The van der Waals surface area contributed by atoms with Gasteiger partial charge in [-0.05, 0) is 29.6 Å². The fraction of sp³-hybridized carbons (Fsp3) is 0.200. The van der Waals surface area contributed by atoms with Crippen LogP contribution in [0.2, 0.25) is 10.0 Å². The molecule has 1 N–H and O–H groups in total. The zero-order valence-electron chi connectivity index (χ0n) is 11.9. The summed E-state index contributed by atoms with van der Waals surface area (Å²) in [7, 11) is 0. The fourth-order valence-electron chi connectivity index (χ4n) is 1.57. The van der Waals surface area contributed by atoms with Gasteiger partial charge in [-0.15, -0.1) is 11.3 Å². The Labute approximate surface area is 147 Å². The van der Waals surface area contributed by atoms with Crippen molar-refractivity contribution in [2.75, 3.05) is 13.2 Å². The number of carbonyl (C=O) groups is 2. The third-order valence-electron chi connectivity index (χ3n) is 2.64. The van der Waals surface area contributed by atoms with Gasteiger partial charge in [0.15, 0.2) is 13.2 Å². The van der Waals surface area contributed by atoms with E-state index in [0.29, 0.717) is 22.3 Å². The van der Waals surface area contributed by atoms with E-state index in [1.165, 1.54) is 17.4 Å². The van der Waals surface area contributed by atoms with E-state index in [-0.39, 0.29) is 19.1 Å². The first-order valence-electron chi connectivity index (χ1n) is 6.57. The lowest BCUT2D eigenvalue weighted by atomic mass is 10.3. The van der Waals surface area contributed by atoms with Crippen molar-refractivity contribution in [2.24, 2.45) is 0 Å². The van der Waals surface area contributed by atoms with Gasteiger partial charge in [0.25, 0.3) is 5.91 Å². The van der Waals surface area contributed by atoms with Crippen LogP contribution in [0, 0.1) is 0 Å². The van der Waals surface area contributed by atoms with E-state index in [4.69, 9.17) is 32.7 Å². The second-order valence-corrected chi connectivity index (χ2v) is 6.26. The van der Waals surface area contributed by atoms with Crippen molar-refractivity contribution >= 4 is 46.4 Å². The number of benzene rings is 1. The highest BCUT2D eigenvalue weighted by atomic mass is 35.5. The number of ether oxygens (including phenoxy) is 2. The van der Waals surface area contributed by atoms with Gasteiger partial charge in [0, 0.05) is 9.90 Å². The molecule has 8 heteroatoms. The molecule has 0 spiro atoms. The molecule has 1 aromatic carbocycles. The number of rotatable bonds is 7. The number of hydrogen-bond donors (Lipinski definition) is 1. The van der Waals surface area contributed by atoms with Crippen molar-refractivity contribution in [2.45, 2.75) is 6.54 Å². The van der Waals surface area contributed by atoms with Crippen LogP contribution < -0.4 is 10.1 Å². The van der Waals surface area contributed by atoms with Gasteiger partial charge in [0.2, 0.25) is 0 Å². The lowest BCUT2D eigenvalue weighted by molar-refractivity contribution is -0.150. The highest BCUT2D eigenvalue weighted by Crippen LogP contribution is 2.27. The molecular formula is C15H13Cl2NO4S. The van der Waals surface area contributed by atoms with Crippen molar-refractivity contribution in [1.82, 2.24) is 5.32 Å². The summed E-state index contributed by atoms with van der Waals surface area (Å²) in [6, 6.07) is 8.44. The van der Waals surface area contributed by atoms with Gasteiger partial charge in [-0.25, -0.2) is 4.79 Å². The molecule has 1 heterocycles. The minimum Gasteiger partial charge on any atom is -0.480 e. The van der Waals surface area contributed by atoms with E-state index >= 15 is 0 Å². The highest BCUT2D eigenvalue weighted by Gasteiger charge is 2.10. The number of hydrogen-bond acceptors (Lipinski definition) is 5. The summed E-state index contributed by atoms with van der Waals surface area (Å²) in [5, 5.41) is 5.32. The molecule has 2 rings (SSSR count). The predicted molar refractivity (Wildman–Crippen MR) is 89.1 cm³/mol. The average molecular weight is 374 g/mol. The zero-order chi connectivity index (χ0) is 16.7. The van der Waals surface area contributed by atoms with Crippen molar-refractivity contribution in [1.29, 1.82) is 0 Å². The topological polar surface area (TPSA) is 64.6 Å². The van der Waals surface area contributed by atoms with Crippen LogP contribution in [0.15, 0.2) is 35.7 Å². The smallest absolute Gasteiger partial charge is 0.344 e. The van der Waals surface area contributed by atoms with Gasteiger partial charge in [-0.1, -0.05) is 29.3 Å². The summed E-state index contributed by atoms with van der Waals surface area (Å²) < 4.78 is 10.0. The minimum absolute atomic E-state index is 0.291. The van der Waals surface area contributed by atoms with Crippen LogP contribution >= 0.6 is 34.5 Å². The Hall–Kier alpha value is -1.76. The van der Waals surface area contributed by atoms with Crippen LogP contribution in [0.3, 0.4) is 0 Å². The Kier molecular flexibility index (Phi) is 6.70. The van der Waals surface area contributed by atoms with Crippen LogP contribution in [0.25, 0.3) is 0 Å². The second kappa shape index (κ2) is 8.76. The molecule has 5 nitrogen and oxygen atoms in total. The fourth-order valence-corrected chi connectivity index (χ4v) is 2.67. The quantitative estimate of drug-likeness (QED) is 0.756. The number of esters is 1. The van der Waals surface area contributed by atoms with E-state index in [1.54, 1.807) is 12.1 Å². The van der Waals surface area contributed by atoms with Crippen LogP contribution in [-0.2, 0) is 20.9 Å². The van der Waals surface area contributed by atoms with Gasteiger partial charge in [0.1, 0.15) is 5.75 Å². The third-order valence-corrected chi connectivity index (χ3v) is 4.05. The largest absolute Gasteiger partial charge is 0.480 e. The lowest BCUT2D eigenvalue weighted by Crippen LogP contribution is -2.29. The van der Waals surface area contributed by atoms with Gasteiger partial charge in [-0.2, -0.15) is 0 Å². The van der Waals surface area contributed by atoms with Crippen molar-refractivity contribution in [3.05, 3.63) is 50.6 Å². The maximum absolute atomic E-state index is 11.5. The molecule has 1 amide bonds. The Morgan fingerprint density at radius 3 is 2.70 bits per heavy atom. The summed E-state index contributed by atoms with van der Waals surface area (Å²) in [6.07, 6.45) is 0. The summed E-state index contributed by atoms with van der Waals surface area (Å²) in [5.74, 6) is -0.728. The summed E-state index contributed by atoms with van der Waals surface area (Å²) >= 11 is 13.2. The molecule has 0 aliphatic carbocycles. The molecular weight excluding hydrogens is 361 g/mol. The number of thiophene rings is 1. The molecule has 122 valence electrons. The first-order valence-corrected chi connectivity index (χ1v) is 8.20. The molecule has 0 atom stereocenters. The zero-order valence-corrected chi connectivity index (χ0v) is 14.2. The molecule has 0 saturated heterocycles. The average Bonchev–Trinajstić information content (AvgIpc) is 3.03. The predicted octanol–water partition coefficient (Wildman–Crippen LogP) is 3.29. The van der Waals surface area contributed by atoms with Gasteiger partial charge < -0.3 is 14.8 Å².